The van der Waals surface area contributed by atoms with Crippen LogP contribution in [0.5, 0.6) is 0 Å². The number of carbonyl (C=O) groups excluding carboxylic acids is 1. The van der Waals surface area contributed by atoms with E-state index in [0.717, 1.165) is 24.4 Å². The first-order valence-corrected chi connectivity index (χ1v) is 5.63. The van der Waals surface area contributed by atoms with Gasteiger partial charge in [-0.05, 0) is 24.4 Å². The summed E-state index contributed by atoms with van der Waals surface area (Å²) >= 11 is 1.47. The van der Waals surface area contributed by atoms with Crippen LogP contribution in [0.15, 0.2) is 17.5 Å². The lowest BCUT2D eigenvalue weighted by Crippen LogP contribution is -2.20. The highest BCUT2D eigenvalue weighted by Gasteiger charge is 2.16. The summed E-state index contributed by atoms with van der Waals surface area (Å²) in [4.78, 5) is 12.3. The van der Waals surface area contributed by atoms with Crippen molar-refractivity contribution in [2.75, 3.05) is 19.7 Å². The lowest BCUT2D eigenvalue weighted by molar-refractivity contribution is 0.0533. The number of Topliss-reactive ketones (excluding diaryl/α,β-unsaturated/α-hetero) is 1. The molecular formula is C10H14ClNO2S. The zero-order valence-electron chi connectivity index (χ0n) is 8.27. The Morgan fingerprint density at radius 2 is 2.53 bits per heavy atom. The summed E-state index contributed by atoms with van der Waals surface area (Å²) in [5, 5.41) is 5.10. The fraction of sp³-hybridized carbons (Fsp3) is 0.500. The topological polar surface area (TPSA) is 38.3 Å². The molecule has 2 rings (SSSR count). The van der Waals surface area contributed by atoms with Crippen LogP contribution >= 0.6 is 23.7 Å². The van der Waals surface area contributed by atoms with Gasteiger partial charge < -0.3 is 10.1 Å². The predicted octanol–water partition coefficient (Wildman–Crippen LogP) is 1.73. The second-order valence-corrected chi connectivity index (χ2v) is 4.27. The molecule has 1 aromatic rings. The van der Waals surface area contributed by atoms with E-state index in [1.165, 1.54) is 11.3 Å². The SMILES string of the molecule is Cl.O=C(COC1CCNC1)c1cccs1. The fourth-order valence-electron chi connectivity index (χ4n) is 1.47. The van der Waals surface area contributed by atoms with E-state index < -0.39 is 0 Å². The van der Waals surface area contributed by atoms with Crippen LogP contribution in [-0.4, -0.2) is 31.6 Å². The summed E-state index contributed by atoms with van der Waals surface area (Å²) in [5.74, 6) is 0.0897. The molecule has 1 aromatic heterocycles. The van der Waals surface area contributed by atoms with Gasteiger partial charge in [-0.1, -0.05) is 6.07 Å². The Bertz CT molecular complexity index is 296. The van der Waals surface area contributed by atoms with Crippen LogP contribution in [0.3, 0.4) is 0 Å². The number of nitrogens with one attached hydrogen (secondary N) is 1. The third kappa shape index (κ3) is 3.57. The molecule has 1 aliphatic rings. The molecule has 1 atom stereocenters. The van der Waals surface area contributed by atoms with Crippen molar-refractivity contribution in [1.29, 1.82) is 0 Å². The third-order valence-corrected chi connectivity index (χ3v) is 3.17. The van der Waals surface area contributed by atoms with Crippen molar-refractivity contribution < 1.29 is 9.53 Å². The zero-order chi connectivity index (χ0) is 9.80. The predicted molar refractivity (Wildman–Crippen MR) is 63.1 cm³/mol. The first-order valence-electron chi connectivity index (χ1n) is 4.75. The van der Waals surface area contributed by atoms with Crippen LogP contribution < -0.4 is 5.32 Å². The maximum absolute atomic E-state index is 11.5. The molecule has 1 N–H and O–H groups in total. The number of ketones is 1. The molecule has 0 bridgehead atoms. The highest BCUT2D eigenvalue weighted by Crippen LogP contribution is 2.10. The Labute approximate surface area is 99.2 Å². The Morgan fingerprint density at radius 3 is 3.13 bits per heavy atom. The molecule has 15 heavy (non-hydrogen) atoms. The summed E-state index contributed by atoms with van der Waals surface area (Å²) in [7, 11) is 0. The normalized spacial score (nSPS) is 19.9. The van der Waals surface area contributed by atoms with Gasteiger partial charge in [0.25, 0.3) is 0 Å². The molecule has 0 amide bonds. The minimum absolute atomic E-state index is 0. The highest BCUT2D eigenvalue weighted by molar-refractivity contribution is 7.12. The third-order valence-electron chi connectivity index (χ3n) is 2.26. The number of carbonyl (C=O) groups is 1. The summed E-state index contributed by atoms with van der Waals surface area (Å²) in [6, 6.07) is 3.72. The van der Waals surface area contributed by atoms with Crippen molar-refractivity contribution in [3.63, 3.8) is 0 Å². The molecule has 0 saturated carbocycles. The molecule has 0 aromatic carbocycles. The minimum Gasteiger partial charge on any atom is -0.369 e. The first-order chi connectivity index (χ1) is 6.86. The van der Waals surface area contributed by atoms with Crippen LogP contribution in [0.25, 0.3) is 0 Å². The second kappa shape index (κ2) is 6.23. The fourth-order valence-corrected chi connectivity index (χ4v) is 2.12. The lowest BCUT2D eigenvalue weighted by Gasteiger charge is -2.08. The van der Waals surface area contributed by atoms with E-state index in [2.05, 4.69) is 5.32 Å². The first kappa shape index (κ1) is 12.6. The van der Waals surface area contributed by atoms with E-state index in [0.29, 0.717) is 0 Å². The Hall–Kier alpha value is -0.420. The minimum atomic E-state index is 0. The van der Waals surface area contributed by atoms with Gasteiger partial charge in [-0.25, -0.2) is 0 Å². The van der Waals surface area contributed by atoms with E-state index in [1.807, 2.05) is 17.5 Å². The molecule has 1 fully saturated rings. The van der Waals surface area contributed by atoms with Crippen LogP contribution in [0.4, 0.5) is 0 Å². The molecule has 0 spiro atoms. The highest BCUT2D eigenvalue weighted by atomic mass is 35.5. The maximum Gasteiger partial charge on any atom is 0.198 e. The van der Waals surface area contributed by atoms with Crippen molar-refractivity contribution in [3.8, 4) is 0 Å². The van der Waals surface area contributed by atoms with Gasteiger partial charge in [0, 0.05) is 6.54 Å². The molecule has 2 heterocycles. The molecule has 1 unspecified atom stereocenters. The van der Waals surface area contributed by atoms with Gasteiger partial charge in [0.15, 0.2) is 5.78 Å². The van der Waals surface area contributed by atoms with E-state index in [9.17, 15) is 4.79 Å². The number of thiophene rings is 1. The zero-order valence-corrected chi connectivity index (χ0v) is 9.90. The van der Waals surface area contributed by atoms with Crippen LogP contribution in [0.2, 0.25) is 0 Å². The van der Waals surface area contributed by atoms with E-state index in [1.54, 1.807) is 0 Å². The standard InChI is InChI=1S/C10H13NO2S.ClH/c12-9(10-2-1-5-14-10)7-13-8-3-4-11-6-8;/h1-2,5,8,11H,3-4,6-7H2;1H. The smallest absolute Gasteiger partial charge is 0.198 e. The molecule has 5 heteroatoms. The number of hydrogen-bond acceptors (Lipinski definition) is 4. The molecule has 3 nitrogen and oxygen atoms in total. The number of halogens is 1. The summed E-state index contributed by atoms with van der Waals surface area (Å²) in [6.07, 6.45) is 1.23. The largest absolute Gasteiger partial charge is 0.369 e. The van der Waals surface area contributed by atoms with Crippen molar-refractivity contribution in [1.82, 2.24) is 5.32 Å². The molecule has 1 aliphatic heterocycles. The summed E-state index contributed by atoms with van der Waals surface area (Å²) in [5.41, 5.74) is 0. The molecular weight excluding hydrogens is 234 g/mol. The molecule has 1 saturated heterocycles. The van der Waals surface area contributed by atoms with Gasteiger partial charge in [0.05, 0.1) is 11.0 Å². The van der Waals surface area contributed by atoms with Crippen LogP contribution in [-0.2, 0) is 4.74 Å². The van der Waals surface area contributed by atoms with Gasteiger partial charge >= 0.3 is 0 Å². The number of ether oxygens (including phenoxy) is 1. The summed E-state index contributed by atoms with van der Waals surface area (Å²) in [6.45, 7) is 2.09. The average molecular weight is 248 g/mol. The molecule has 0 radical (unpaired) electrons. The molecule has 84 valence electrons. The van der Waals surface area contributed by atoms with Crippen molar-refractivity contribution in [2.24, 2.45) is 0 Å². The summed E-state index contributed by atoms with van der Waals surface area (Å²) < 4.78 is 5.48. The van der Waals surface area contributed by atoms with Gasteiger partial charge in [-0.2, -0.15) is 0 Å². The lowest BCUT2D eigenvalue weighted by atomic mass is 10.3. The Morgan fingerprint density at radius 1 is 1.67 bits per heavy atom. The maximum atomic E-state index is 11.5. The van der Waals surface area contributed by atoms with Crippen LogP contribution in [0.1, 0.15) is 16.1 Å². The number of rotatable bonds is 4. The van der Waals surface area contributed by atoms with E-state index in [4.69, 9.17) is 4.74 Å². The monoisotopic (exact) mass is 247 g/mol. The van der Waals surface area contributed by atoms with E-state index >= 15 is 0 Å². The quantitative estimate of drug-likeness (QED) is 0.824. The van der Waals surface area contributed by atoms with Gasteiger partial charge in [0.1, 0.15) is 6.61 Å². The van der Waals surface area contributed by atoms with Crippen molar-refractivity contribution >= 4 is 29.5 Å². The van der Waals surface area contributed by atoms with E-state index in [-0.39, 0.29) is 30.9 Å². The van der Waals surface area contributed by atoms with Crippen molar-refractivity contribution in [3.05, 3.63) is 22.4 Å². The number of hydrogen-bond donors (Lipinski definition) is 1. The average Bonchev–Trinajstić information content (AvgIpc) is 2.87. The molecule has 0 aliphatic carbocycles. The second-order valence-electron chi connectivity index (χ2n) is 3.33. The van der Waals surface area contributed by atoms with Crippen LogP contribution in [0, 0.1) is 0 Å². The Balaban J connectivity index is 0.00000112. The van der Waals surface area contributed by atoms with Crippen molar-refractivity contribution in [2.45, 2.75) is 12.5 Å². The Kier molecular flexibility index (Phi) is 5.25. The van der Waals surface area contributed by atoms with Gasteiger partial charge in [0.2, 0.25) is 0 Å². The van der Waals surface area contributed by atoms with Gasteiger partial charge in [-0.15, -0.1) is 23.7 Å². The van der Waals surface area contributed by atoms with Gasteiger partial charge in [-0.3, -0.25) is 4.79 Å².